The molecule has 2 aromatic rings. The standard InChI is InChI=1S/C21H29BrN4O/c1-15-7-5-6-8-19(15)14-24-9-11-25(12-10-24)21(27)16(2)13-26-18(4)20(22)17(3)23-26/h5-8,16H,9-14H2,1-4H3. The highest BCUT2D eigenvalue weighted by Crippen LogP contribution is 2.21. The molecule has 0 aliphatic carbocycles. The minimum atomic E-state index is -0.0715. The summed E-state index contributed by atoms with van der Waals surface area (Å²) in [6, 6.07) is 8.54. The van der Waals surface area contributed by atoms with Crippen LogP contribution in [-0.2, 0) is 17.9 Å². The van der Waals surface area contributed by atoms with Gasteiger partial charge in [0.15, 0.2) is 0 Å². The molecule has 1 unspecified atom stereocenters. The number of carbonyl (C=O) groups excluding carboxylic acids is 1. The van der Waals surface area contributed by atoms with Crippen molar-refractivity contribution in [3.63, 3.8) is 0 Å². The van der Waals surface area contributed by atoms with E-state index in [2.05, 4.69) is 57.1 Å². The van der Waals surface area contributed by atoms with Crippen LogP contribution in [0.1, 0.15) is 29.4 Å². The van der Waals surface area contributed by atoms with Gasteiger partial charge < -0.3 is 4.90 Å². The maximum Gasteiger partial charge on any atom is 0.227 e. The van der Waals surface area contributed by atoms with Crippen LogP contribution in [0.25, 0.3) is 0 Å². The van der Waals surface area contributed by atoms with Gasteiger partial charge in [0.25, 0.3) is 0 Å². The van der Waals surface area contributed by atoms with Crippen molar-refractivity contribution in [2.45, 2.75) is 40.8 Å². The molecule has 1 aromatic heterocycles. The molecule has 1 aromatic carbocycles. The Labute approximate surface area is 170 Å². The highest BCUT2D eigenvalue weighted by molar-refractivity contribution is 9.10. The van der Waals surface area contributed by atoms with Crippen LogP contribution >= 0.6 is 15.9 Å². The molecule has 6 heteroatoms. The second-order valence-corrected chi connectivity index (χ2v) is 8.39. The van der Waals surface area contributed by atoms with Gasteiger partial charge in [-0.2, -0.15) is 5.10 Å². The summed E-state index contributed by atoms with van der Waals surface area (Å²) in [6.07, 6.45) is 0. The number of carbonyl (C=O) groups is 1. The Morgan fingerprint density at radius 3 is 2.41 bits per heavy atom. The van der Waals surface area contributed by atoms with Gasteiger partial charge in [0.2, 0.25) is 5.91 Å². The third-order valence-corrected chi connectivity index (χ3v) is 6.65. The van der Waals surface area contributed by atoms with E-state index in [4.69, 9.17) is 0 Å². The number of halogens is 1. The van der Waals surface area contributed by atoms with Crippen molar-refractivity contribution in [1.29, 1.82) is 0 Å². The van der Waals surface area contributed by atoms with E-state index in [-0.39, 0.29) is 11.8 Å². The molecule has 1 atom stereocenters. The Balaban J connectivity index is 1.53. The van der Waals surface area contributed by atoms with Crippen molar-refractivity contribution in [1.82, 2.24) is 19.6 Å². The molecule has 3 rings (SSSR count). The first-order valence-corrected chi connectivity index (χ1v) is 10.4. The summed E-state index contributed by atoms with van der Waals surface area (Å²) >= 11 is 3.56. The van der Waals surface area contributed by atoms with Crippen molar-refractivity contribution < 1.29 is 4.79 Å². The smallest absolute Gasteiger partial charge is 0.227 e. The van der Waals surface area contributed by atoms with E-state index < -0.39 is 0 Å². The number of rotatable bonds is 5. The Morgan fingerprint density at radius 1 is 1.15 bits per heavy atom. The van der Waals surface area contributed by atoms with Crippen molar-refractivity contribution >= 4 is 21.8 Å². The molecule has 0 radical (unpaired) electrons. The van der Waals surface area contributed by atoms with Crippen molar-refractivity contribution in [2.24, 2.45) is 5.92 Å². The molecule has 0 bridgehead atoms. The normalized spacial score (nSPS) is 16.6. The van der Waals surface area contributed by atoms with Crippen molar-refractivity contribution in [3.8, 4) is 0 Å². The van der Waals surface area contributed by atoms with E-state index in [0.717, 1.165) is 48.6 Å². The van der Waals surface area contributed by atoms with E-state index >= 15 is 0 Å². The van der Waals surface area contributed by atoms with E-state index in [1.165, 1.54) is 11.1 Å². The highest BCUT2D eigenvalue weighted by atomic mass is 79.9. The molecule has 2 heterocycles. The summed E-state index contributed by atoms with van der Waals surface area (Å²) in [4.78, 5) is 17.3. The largest absolute Gasteiger partial charge is 0.340 e. The molecule has 1 aliphatic rings. The fourth-order valence-electron chi connectivity index (χ4n) is 3.66. The van der Waals surface area contributed by atoms with Crippen LogP contribution in [0.5, 0.6) is 0 Å². The second kappa shape index (κ2) is 8.57. The highest BCUT2D eigenvalue weighted by Gasteiger charge is 2.26. The Hall–Kier alpha value is -1.66. The minimum absolute atomic E-state index is 0.0715. The summed E-state index contributed by atoms with van der Waals surface area (Å²) in [6.45, 7) is 13.2. The Morgan fingerprint density at radius 2 is 1.81 bits per heavy atom. The average Bonchev–Trinajstić information content (AvgIpc) is 2.90. The maximum absolute atomic E-state index is 12.9. The number of amides is 1. The van der Waals surface area contributed by atoms with Crippen LogP contribution in [0.15, 0.2) is 28.7 Å². The van der Waals surface area contributed by atoms with Gasteiger partial charge in [-0.25, -0.2) is 0 Å². The average molecular weight is 433 g/mol. The van der Waals surface area contributed by atoms with E-state index in [1.54, 1.807) is 0 Å². The Bertz CT molecular complexity index is 809. The van der Waals surface area contributed by atoms with Crippen LogP contribution < -0.4 is 0 Å². The van der Waals surface area contributed by atoms with Crippen LogP contribution in [0, 0.1) is 26.7 Å². The number of benzene rings is 1. The molecule has 0 saturated carbocycles. The third kappa shape index (κ3) is 4.61. The predicted octanol–water partition coefficient (Wildman–Crippen LogP) is 3.55. The molecule has 146 valence electrons. The first kappa shape index (κ1) is 20.1. The van der Waals surface area contributed by atoms with E-state index in [9.17, 15) is 4.79 Å². The summed E-state index contributed by atoms with van der Waals surface area (Å²) in [5, 5.41) is 4.54. The number of piperazine rings is 1. The van der Waals surface area contributed by atoms with Gasteiger partial charge in [-0.1, -0.05) is 31.2 Å². The molecular weight excluding hydrogens is 404 g/mol. The lowest BCUT2D eigenvalue weighted by Gasteiger charge is -2.36. The van der Waals surface area contributed by atoms with Crippen LogP contribution in [0.3, 0.4) is 0 Å². The minimum Gasteiger partial charge on any atom is -0.340 e. The van der Waals surface area contributed by atoms with Gasteiger partial charge in [-0.3, -0.25) is 14.4 Å². The van der Waals surface area contributed by atoms with Gasteiger partial charge in [-0.15, -0.1) is 0 Å². The van der Waals surface area contributed by atoms with Gasteiger partial charge in [0.05, 0.1) is 22.6 Å². The first-order valence-electron chi connectivity index (χ1n) is 9.62. The number of hydrogen-bond donors (Lipinski definition) is 0. The zero-order valence-electron chi connectivity index (χ0n) is 16.7. The first-order chi connectivity index (χ1) is 12.9. The van der Waals surface area contributed by atoms with Gasteiger partial charge in [0, 0.05) is 38.4 Å². The lowest BCUT2D eigenvalue weighted by atomic mass is 10.1. The molecule has 0 N–H and O–H groups in total. The lowest BCUT2D eigenvalue weighted by molar-refractivity contribution is -0.137. The van der Waals surface area contributed by atoms with Gasteiger partial charge in [0.1, 0.15) is 0 Å². The number of aromatic nitrogens is 2. The quantitative estimate of drug-likeness (QED) is 0.724. The third-order valence-electron chi connectivity index (χ3n) is 5.50. The second-order valence-electron chi connectivity index (χ2n) is 7.60. The summed E-state index contributed by atoms with van der Waals surface area (Å²) < 4.78 is 2.98. The SMILES string of the molecule is Cc1ccccc1CN1CCN(C(=O)C(C)Cn2nc(C)c(Br)c2C)CC1. The van der Waals surface area contributed by atoms with Gasteiger partial charge in [-0.05, 0) is 47.8 Å². The molecule has 0 spiro atoms. The van der Waals surface area contributed by atoms with E-state index in [0.29, 0.717) is 6.54 Å². The predicted molar refractivity (Wildman–Crippen MR) is 112 cm³/mol. The lowest BCUT2D eigenvalue weighted by Crippen LogP contribution is -2.50. The molecule has 27 heavy (non-hydrogen) atoms. The van der Waals surface area contributed by atoms with Crippen molar-refractivity contribution in [2.75, 3.05) is 26.2 Å². The number of hydrogen-bond acceptors (Lipinski definition) is 3. The van der Waals surface area contributed by atoms with Gasteiger partial charge >= 0.3 is 0 Å². The molecular formula is C21H29BrN4O. The fourth-order valence-corrected chi connectivity index (χ4v) is 3.94. The molecule has 1 amide bonds. The zero-order chi connectivity index (χ0) is 19.6. The maximum atomic E-state index is 12.9. The van der Waals surface area contributed by atoms with Crippen LogP contribution in [-0.4, -0.2) is 51.7 Å². The summed E-state index contributed by atoms with van der Waals surface area (Å²) in [7, 11) is 0. The topological polar surface area (TPSA) is 41.4 Å². The molecule has 5 nitrogen and oxygen atoms in total. The molecule has 1 fully saturated rings. The molecule has 1 aliphatic heterocycles. The van der Waals surface area contributed by atoms with E-state index in [1.807, 2.05) is 30.4 Å². The monoisotopic (exact) mass is 432 g/mol. The Kier molecular flexibility index (Phi) is 6.37. The van der Waals surface area contributed by atoms with Crippen LogP contribution in [0.4, 0.5) is 0 Å². The summed E-state index contributed by atoms with van der Waals surface area (Å²) in [5.74, 6) is 0.159. The zero-order valence-corrected chi connectivity index (χ0v) is 18.3. The number of nitrogens with zero attached hydrogens (tertiary/aromatic N) is 4. The number of aryl methyl sites for hydroxylation is 2. The summed E-state index contributed by atoms with van der Waals surface area (Å²) in [5.41, 5.74) is 4.76. The van der Waals surface area contributed by atoms with Crippen LogP contribution in [0.2, 0.25) is 0 Å². The van der Waals surface area contributed by atoms with Crippen molar-refractivity contribution in [3.05, 3.63) is 51.3 Å². The fraction of sp³-hybridized carbons (Fsp3) is 0.524. The molecule has 1 saturated heterocycles.